The van der Waals surface area contributed by atoms with Crippen LogP contribution in [0.3, 0.4) is 0 Å². The van der Waals surface area contributed by atoms with Gasteiger partial charge in [0.05, 0.1) is 5.25 Å². The Balaban J connectivity index is 2.44. The third-order valence-corrected chi connectivity index (χ3v) is 4.68. The summed E-state index contributed by atoms with van der Waals surface area (Å²) in [6.45, 7) is 0.410. The standard InChI is InChI=1S/C10H9F5N2O2S/c11-5-6(12)8(14)10(9(15)7(5)13)17-20(18,19)4-1-2-16-3-4/h4,16-17H,1-3H2. The number of anilines is 1. The Kier molecular flexibility index (Phi) is 3.87. The summed E-state index contributed by atoms with van der Waals surface area (Å²) in [6, 6.07) is 0. The van der Waals surface area contributed by atoms with E-state index in [0.717, 1.165) is 0 Å². The van der Waals surface area contributed by atoms with Crippen molar-refractivity contribution in [1.29, 1.82) is 0 Å². The summed E-state index contributed by atoms with van der Waals surface area (Å²) in [4.78, 5) is 0. The smallest absolute Gasteiger partial charge is 0.237 e. The Morgan fingerprint density at radius 3 is 1.90 bits per heavy atom. The fourth-order valence-electron chi connectivity index (χ4n) is 1.81. The van der Waals surface area contributed by atoms with Gasteiger partial charge < -0.3 is 5.32 Å². The minimum Gasteiger partial charge on any atom is -0.315 e. The van der Waals surface area contributed by atoms with E-state index in [9.17, 15) is 30.4 Å². The Bertz CT molecular complexity index is 615. The van der Waals surface area contributed by atoms with Gasteiger partial charge in [-0.15, -0.1) is 0 Å². The highest BCUT2D eigenvalue weighted by Gasteiger charge is 2.33. The highest BCUT2D eigenvalue weighted by Crippen LogP contribution is 2.28. The van der Waals surface area contributed by atoms with Crippen molar-refractivity contribution in [2.24, 2.45) is 0 Å². The van der Waals surface area contributed by atoms with Gasteiger partial charge in [-0.3, -0.25) is 4.72 Å². The molecule has 0 spiro atoms. The Labute approximate surface area is 111 Å². The first kappa shape index (κ1) is 15.0. The molecule has 1 aliphatic rings. The van der Waals surface area contributed by atoms with Gasteiger partial charge >= 0.3 is 0 Å². The molecule has 1 fully saturated rings. The molecule has 2 rings (SSSR count). The van der Waals surface area contributed by atoms with Gasteiger partial charge in [0.2, 0.25) is 15.8 Å². The molecule has 1 unspecified atom stereocenters. The third kappa shape index (κ3) is 2.44. The molecule has 0 radical (unpaired) electrons. The molecule has 2 N–H and O–H groups in total. The Hall–Kier alpha value is -1.42. The fourth-order valence-corrected chi connectivity index (χ4v) is 3.21. The highest BCUT2D eigenvalue weighted by atomic mass is 32.2. The molecule has 1 atom stereocenters. The van der Waals surface area contributed by atoms with Crippen LogP contribution in [0.4, 0.5) is 27.6 Å². The minimum absolute atomic E-state index is 0.0325. The molecule has 0 bridgehead atoms. The van der Waals surface area contributed by atoms with Gasteiger partial charge in [-0.25, -0.2) is 30.4 Å². The van der Waals surface area contributed by atoms with E-state index in [0.29, 0.717) is 6.54 Å². The van der Waals surface area contributed by atoms with E-state index in [1.54, 1.807) is 0 Å². The first-order chi connectivity index (χ1) is 9.25. The van der Waals surface area contributed by atoms with Crippen LogP contribution in [0.15, 0.2) is 0 Å². The molecule has 112 valence electrons. The first-order valence-corrected chi connectivity index (χ1v) is 7.04. The number of halogens is 5. The zero-order chi connectivity index (χ0) is 15.1. The normalized spacial score (nSPS) is 19.4. The van der Waals surface area contributed by atoms with Crippen LogP contribution in [0.5, 0.6) is 0 Å². The second-order valence-electron chi connectivity index (χ2n) is 4.21. The van der Waals surface area contributed by atoms with Gasteiger partial charge in [0, 0.05) is 6.54 Å². The number of nitrogens with one attached hydrogen (secondary N) is 2. The van der Waals surface area contributed by atoms with Crippen molar-refractivity contribution in [2.75, 3.05) is 17.8 Å². The Morgan fingerprint density at radius 1 is 0.950 bits per heavy atom. The van der Waals surface area contributed by atoms with Gasteiger partial charge in [0.15, 0.2) is 23.3 Å². The summed E-state index contributed by atoms with van der Waals surface area (Å²) in [5, 5.41) is 1.71. The lowest BCUT2D eigenvalue weighted by Crippen LogP contribution is -2.30. The molecule has 0 aromatic heterocycles. The Morgan fingerprint density at radius 2 is 1.45 bits per heavy atom. The molecule has 4 nitrogen and oxygen atoms in total. The largest absolute Gasteiger partial charge is 0.315 e. The van der Waals surface area contributed by atoms with E-state index in [4.69, 9.17) is 0 Å². The van der Waals surface area contributed by atoms with Gasteiger partial charge in [-0.05, 0) is 13.0 Å². The van der Waals surface area contributed by atoms with E-state index in [1.165, 1.54) is 4.72 Å². The van der Waals surface area contributed by atoms with E-state index < -0.39 is 50.0 Å². The van der Waals surface area contributed by atoms with Crippen LogP contribution in [-0.4, -0.2) is 26.8 Å². The maximum absolute atomic E-state index is 13.4. The summed E-state index contributed by atoms with van der Waals surface area (Å²) < 4.78 is 90.4. The predicted molar refractivity (Wildman–Crippen MR) is 60.0 cm³/mol. The van der Waals surface area contributed by atoms with Crippen molar-refractivity contribution >= 4 is 15.7 Å². The van der Waals surface area contributed by atoms with Crippen LogP contribution in [0.25, 0.3) is 0 Å². The summed E-state index contributed by atoms with van der Waals surface area (Å²) in [7, 11) is -4.25. The SMILES string of the molecule is O=S(=O)(Nc1c(F)c(F)c(F)c(F)c1F)C1CCNC1. The van der Waals surface area contributed by atoms with Crippen molar-refractivity contribution in [3.05, 3.63) is 29.1 Å². The second kappa shape index (κ2) is 5.17. The van der Waals surface area contributed by atoms with Crippen molar-refractivity contribution in [3.8, 4) is 0 Å². The average Bonchev–Trinajstić information content (AvgIpc) is 2.94. The molecule has 1 aliphatic heterocycles. The van der Waals surface area contributed by atoms with Crippen LogP contribution < -0.4 is 10.0 Å². The number of sulfonamides is 1. The number of hydrogen-bond acceptors (Lipinski definition) is 3. The van der Waals surface area contributed by atoms with E-state index in [1.807, 2.05) is 0 Å². The lowest BCUT2D eigenvalue weighted by Gasteiger charge is -2.14. The molecule has 1 aromatic carbocycles. The van der Waals surface area contributed by atoms with Gasteiger partial charge in [0.25, 0.3) is 0 Å². The molecule has 1 saturated heterocycles. The third-order valence-electron chi connectivity index (χ3n) is 2.91. The second-order valence-corrected chi connectivity index (χ2v) is 6.17. The van der Waals surface area contributed by atoms with Crippen LogP contribution >= 0.6 is 0 Å². The molecule has 1 heterocycles. The molecule has 1 aromatic rings. The van der Waals surface area contributed by atoms with Crippen LogP contribution in [0.1, 0.15) is 6.42 Å². The lowest BCUT2D eigenvalue weighted by atomic mass is 10.2. The van der Waals surface area contributed by atoms with Gasteiger partial charge in [-0.1, -0.05) is 0 Å². The maximum atomic E-state index is 13.4. The predicted octanol–water partition coefficient (Wildman–Crippen LogP) is 1.49. The summed E-state index contributed by atoms with van der Waals surface area (Å²) >= 11 is 0. The first-order valence-electron chi connectivity index (χ1n) is 5.49. The topological polar surface area (TPSA) is 58.2 Å². The monoisotopic (exact) mass is 316 g/mol. The number of rotatable bonds is 3. The quantitative estimate of drug-likeness (QED) is 0.505. The van der Waals surface area contributed by atoms with Crippen molar-refractivity contribution < 1.29 is 30.4 Å². The van der Waals surface area contributed by atoms with Crippen molar-refractivity contribution in [3.63, 3.8) is 0 Å². The van der Waals surface area contributed by atoms with Gasteiger partial charge in [0.1, 0.15) is 5.69 Å². The molecule has 10 heteroatoms. The van der Waals surface area contributed by atoms with Crippen LogP contribution in [-0.2, 0) is 10.0 Å². The lowest BCUT2D eigenvalue weighted by molar-refractivity contribution is 0.382. The van der Waals surface area contributed by atoms with Gasteiger partial charge in [-0.2, -0.15) is 0 Å². The van der Waals surface area contributed by atoms with Crippen molar-refractivity contribution in [2.45, 2.75) is 11.7 Å². The van der Waals surface area contributed by atoms with E-state index in [2.05, 4.69) is 5.32 Å². The molecular weight excluding hydrogens is 307 g/mol. The van der Waals surface area contributed by atoms with Crippen molar-refractivity contribution in [1.82, 2.24) is 5.32 Å². The average molecular weight is 316 g/mol. The number of benzene rings is 1. The van der Waals surface area contributed by atoms with E-state index >= 15 is 0 Å². The molecular formula is C10H9F5N2O2S. The zero-order valence-corrected chi connectivity index (χ0v) is 10.6. The molecule has 0 saturated carbocycles. The van der Waals surface area contributed by atoms with Crippen LogP contribution in [0.2, 0.25) is 0 Å². The number of hydrogen-bond donors (Lipinski definition) is 2. The van der Waals surface area contributed by atoms with Crippen LogP contribution in [0, 0.1) is 29.1 Å². The zero-order valence-electron chi connectivity index (χ0n) is 9.81. The molecule has 0 aliphatic carbocycles. The maximum Gasteiger partial charge on any atom is 0.237 e. The fraction of sp³-hybridized carbons (Fsp3) is 0.400. The molecule has 20 heavy (non-hydrogen) atoms. The summed E-state index contributed by atoms with van der Waals surface area (Å²) in [6.07, 6.45) is 0.171. The highest BCUT2D eigenvalue weighted by molar-refractivity contribution is 7.93. The molecule has 0 amide bonds. The summed E-state index contributed by atoms with van der Waals surface area (Å²) in [5.74, 6) is -11.2. The minimum atomic E-state index is -4.25. The van der Waals surface area contributed by atoms with E-state index in [-0.39, 0.29) is 13.0 Å². The summed E-state index contributed by atoms with van der Waals surface area (Å²) in [5.41, 5.74) is -1.56.